The van der Waals surface area contributed by atoms with Gasteiger partial charge < -0.3 is 19.3 Å². The molecule has 0 heterocycles. The van der Waals surface area contributed by atoms with Crippen molar-refractivity contribution < 1.29 is 24.1 Å². The van der Waals surface area contributed by atoms with Crippen molar-refractivity contribution in [3.05, 3.63) is 23.3 Å². The van der Waals surface area contributed by atoms with Crippen LogP contribution in [0.25, 0.3) is 0 Å². The average Bonchev–Trinajstić information content (AvgIpc) is 2.39. The molecule has 0 saturated heterocycles. The van der Waals surface area contributed by atoms with Gasteiger partial charge in [-0.1, -0.05) is 0 Å². The maximum atomic E-state index is 11.6. The van der Waals surface area contributed by atoms with Gasteiger partial charge in [0, 0.05) is 0 Å². The van der Waals surface area contributed by atoms with Gasteiger partial charge in [0.25, 0.3) is 0 Å². The zero-order valence-corrected chi connectivity index (χ0v) is 12.4. The van der Waals surface area contributed by atoms with E-state index in [-0.39, 0.29) is 25.1 Å². The fraction of sp³-hybridized carbons (Fsp3) is 0.533. The maximum absolute atomic E-state index is 11.6. The van der Waals surface area contributed by atoms with Crippen LogP contribution in [0.15, 0.2) is 12.1 Å². The first-order valence-corrected chi connectivity index (χ1v) is 6.64. The normalized spacial score (nSPS) is 10.5. The molecule has 0 aliphatic heterocycles. The highest BCUT2D eigenvalue weighted by Crippen LogP contribution is 2.32. The van der Waals surface area contributed by atoms with Crippen molar-refractivity contribution >= 4 is 5.97 Å². The van der Waals surface area contributed by atoms with E-state index in [2.05, 4.69) is 0 Å². The molecule has 0 saturated carbocycles. The number of benzene rings is 1. The summed E-state index contributed by atoms with van der Waals surface area (Å²) < 4.78 is 15.8. The van der Waals surface area contributed by atoms with Gasteiger partial charge in [-0.15, -0.1) is 0 Å². The predicted octanol–water partition coefficient (Wildman–Crippen LogP) is 2.08. The van der Waals surface area contributed by atoms with Crippen molar-refractivity contribution in [2.45, 2.75) is 39.9 Å². The van der Waals surface area contributed by atoms with Crippen molar-refractivity contribution in [1.82, 2.24) is 0 Å². The van der Waals surface area contributed by atoms with Crippen LogP contribution >= 0.6 is 0 Å². The second-order valence-corrected chi connectivity index (χ2v) is 4.58. The van der Waals surface area contributed by atoms with E-state index in [4.69, 9.17) is 14.2 Å². The van der Waals surface area contributed by atoms with E-state index in [0.29, 0.717) is 29.2 Å². The van der Waals surface area contributed by atoms with Crippen LogP contribution in [-0.4, -0.2) is 30.9 Å². The van der Waals surface area contributed by atoms with Gasteiger partial charge in [-0.25, -0.2) is 0 Å². The molecule has 0 aromatic heterocycles. The number of hydrogen-bond donors (Lipinski definition) is 1. The molecule has 1 aromatic carbocycles. The van der Waals surface area contributed by atoms with Crippen molar-refractivity contribution in [3.63, 3.8) is 0 Å². The third-order valence-corrected chi connectivity index (χ3v) is 2.66. The Bertz CT molecular complexity index is 454. The molecular formula is C15H22O5. The summed E-state index contributed by atoms with van der Waals surface area (Å²) in [4.78, 5) is 11.6. The van der Waals surface area contributed by atoms with Gasteiger partial charge in [-0.2, -0.15) is 0 Å². The minimum Gasteiger partial charge on any atom is -0.493 e. The van der Waals surface area contributed by atoms with E-state index in [9.17, 15) is 9.90 Å². The van der Waals surface area contributed by atoms with Crippen LogP contribution in [0.4, 0.5) is 0 Å². The summed E-state index contributed by atoms with van der Waals surface area (Å²) in [6, 6.07) is 3.41. The minimum absolute atomic E-state index is 0.00801. The summed E-state index contributed by atoms with van der Waals surface area (Å²) in [5, 5.41) is 9.43. The van der Waals surface area contributed by atoms with Crippen molar-refractivity contribution in [2.75, 3.05) is 13.7 Å². The van der Waals surface area contributed by atoms with Crippen molar-refractivity contribution in [1.29, 1.82) is 0 Å². The molecule has 1 rings (SSSR count). The zero-order chi connectivity index (χ0) is 15.1. The molecule has 0 bridgehead atoms. The molecule has 0 unspecified atom stereocenters. The largest absolute Gasteiger partial charge is 0.493 e. The highest BCUT2D eigenvalue weighted by Gasteiger charge is 2.15. The molecule has 0 spiro atoms. The van der Waals surface area contributed by atoms with Gasteiger partial charge in [-0.3, -0.25) is 4.79 Å². The van der Waals surface area contributed by atoms with Gasteiger partial charge in [0.15, 0.2) is 11.5 Å². The highest BCUT2D eigenvalue weighted by molar-refractivity contribution is 5.73. The fourth-order valence-electron chi connectivity index (χ4n) is 1.83. The lowest BCUT2D eigenvalue weighted by Gasteiger charge is -2.17. The van der Waals surface area contributed by atoms with Crippen molar-refractivity contribution in [3.8, 4) is 11.5 Å². The molecule has 0 aliphatic carbocycles. The summed E-state index contributed by atoms with van der Waals surface area (Å²) in [5.74, 6) is 0.760. The second-order valence-electron chi connectivity index (χ2n) is 4.58. The number of hydrogen-bond acceptors (Lipinski definition) is 5. The van der Waals surface area contributed by atoms with E-state index in [0.717, 1.165) is 0 Å². The van der Waals surface area contributed by atoms with Crippen LogP contribution in [-0.2, 0) is 22.6 Å². The number of ether oxygens (including phenoxy) is 3. The van der Waals surface area contributed by atoms with Crippen LogP contribution in [0, 0.1) is 0 Å². The van der Waals surface area contributed by atoms with Crippen LogP contribution in [0.2, 0.25) is 0 Å². The Hall–Kier alpha value is -1.75. The summed E-state index contributed by atoms with van der Waals surface area (Å²) in [6.07, 6.45) is 0.0912. The SMILES string of the molecule is CCOC(=O)Cc1cc(OC)c(OC(C)C)cc1CO. The van der Waals surface area contributed by atoms with E-state index >= 15 is 0 Å². The Morgan fingerprint density at radius 2 is 1.90 bits per heavy atom. The van der Waals surface area contributed by atoms with E-state index in [1.807, 2.05) is 13.8 Å². The molecule has 0 atom stereocenters. The van der Waals surface area contributed by atoms with Gasteiger partial charge in [0.1, 0.15) is 0 Å². The predicted molar refractivity (Wildman–Crippen MR) is 75.0 cm³/mol. The first kappa shape index (κ1) is 16.3. The number of carbonyl (C=O) groups is 1. The van der Waals surface area contributed by atoms with Crippen molar-refractivity contribution in [2.24, 2.45) is 0 Å². The lowest BCUT2D eigenvalue weighted by molar-refractivity contribution is -0.142. The molecule has 20 heavy (non-hydrogen) atoms. The zero-order valence-electron chi connectivity index (χ0n) is 12.4. The molecular weight excluding hydrogens is 260 g/mol. The summed E-state index contributed by atoms with van der Waals surface area (Å²) in [5.41, 5.74) is 1.31. The monoisotopic (exact) mass is 282 g/mol. The summed E-state index contributed by atoms with van der Waals surface area (Å²) >= 11 is 0. The average molecular weight is 282 g/mol. The first-order valence-electron chi connectivity index (χ1n) is 6.64. The molecule has 5 nitrogen and oxygen atoms in total. The van der Waals surface area contributed by atoms with Crippen LogP contribution < -0.4 is 9.47 Å². The molecule has 1 aromatic rings. The number of methoxy groups -OCH3 is 1. The standard InChI is InChI=1S/C15H22O5/c1-5-19-15(17)8-11-6-13(18-4)14(20-10(2)3)7-12(11)9-16/h6-7,10,16H,5,8-9H2,1-4H3. The van der Waals surface area contributed by atoms with Crippen LogP contribution in [0.5, 0.6) is 11.5 Å². The van der Waals surface area contributed by atoms with E-state index in [1.54, 1.807) is 19.1 Å². The van der Waals surface area contributed by atoms with E-state index in [1.165, 1.54) is 7.11 Å². The van der Waals surface area contributed by atoms with Crippen LogP contribution in [0.1, 0.15) is 31.9 Å². The van der Waals surface area contributed by atoms with Gasteiger partial charge in [0.05, 0.1) is 32.8 Å². The topological polar surface area (TPSA) is 65.0 Å². The van der Waals surface area contributed by atoms with Gasteiger partial charge >= 0.3 is 5.97 Å². The Labute approximate surface area is 119 Å². The molecule has 112 valence electrons. The summed E-state index contributed by atoms with van der Waals surface area (Å²) in [7, 11) is 1.54. The Morgan fingerprint density at radius 3 is 2.40 bits per heavy atom. The molecule has 0 fully saturated rings. The third-order valence-electron chi connectivity index (χ3n) is 2.66. The summed E-state index contributed by atoms with van der Waals surface area (Å²) in [6.45, 7) is 5.73. The molecule has 0 radical (unpaired) electrons. The lowest BCUT2D eigenvalue weighted by Crippen LogP contribution is -2.11. The Kier molecular flexibility index (Phi) is 6.31. The third kappa shape index (κ3) is 4.42. The van der Waals surface area contributed by atoms with Gasteiger partial charge in [0.2, 0.25) is 0 Å². The smallest absolute Gasteiger partial charge is 0.310 e. The quantitative estimate of drug-likeness (QED) is 0.776. The first-order chi connectivity index (χ1) is 9.51. The van der Waals surface area contributed by atoms with E-state index < -0.39 is 0 Å². The number of aliphatic hydroxyl groups excluding tert-OH is 1. The molecule has 0 amide bonds. The number of esters is 1. The maximum Gasteiger partial charge on any atom is 0.310 e. The molecule has 1 N–H and O–H groups in total. The Balaban J connectivity index is 3.08. The Morgan fingerprint density at radius 1 is 1.25 bits per heavy atom. The number of rotatable bonds is 7. The molecule has 5 heteroatoms. The van der Waals surface area contributed by atoms with Gasteiger partial charge in [-0.05, 0) is 44.0 Å². The van der Waals surface area contributed by atoms with Crippen LogP contribution in [0.3, 0.4) is 0 Å². The fourth-order valence-corrected chi connectivity index (χ4v) is 1.83. The number of aliphatic hydroxyl groups is 1. The molecule has 0 aliphatic rings. The second kappa shape index (κ2) is 7.75. The highest BCUT2D eigenvalue weighted by atomic mass is 16.5. The number of carbonyl (C=O) groups excluding carboxylic acids is 1. The minimum atomic E-state index is -0.332. The lowest BCUT2D eigenvalue weighted by atomic mass is 10.0.